The van der Waals surface area contributed by atoms with E-state index in [1.807, 2.05) is 18.2 Å². The van der Waals surface area contributed by atoms with Gasteiger partial charge in [0, 0.05) is 4.47 Å². The summed E-state index contributed by atoms with van der Waals surface area (Å²) < 4.78 is 6.84. The molecule has 1 fully saturated rings. The van der Waals surface area contributed by atoms with Crippen molar-refractivity contribution in [1.29, 1.82) is 0 Å². The van der Waals surface area contributed by atoms with E-state index in [4.69, 9.17) is 10.5 Å². The summed E-state index contributed by atoms with van der Waals surface area (Å²) in [6.07, 6.45) is 2.79. The fourth-order valence-corrected chi connectivity index (χ4v) is 2.78. The number of halogens is 1. The minimum atomic E-state index is -0.0990. The highest BCUT2D eigenvalue weighted by atomic mass is 79.9. The molecule has 1 aliphatic rings. The van der Waals surface area contributed by atoms with Crippen LogP contribution in [-0.4, -0.2) is 6.10 Å². The molecule has 1 saturated carbocycles. The summed E-state index contributed by atoms with van der Waals surface area (Å²) in [6.45, 7) is 2.09. The molecule has 104 valence electrons. The van der Waals surface area contributed by atoms with E-state index >= 15 is 0 Å². The summed E-state index contributed by atoms with van der Waals surface area (Å²) in [6, 6.07) is 14.3. The monoisotopic (exact) mass is 331 g/mol. The zero-order valence-corrected chi connectivity index (χ0v) is 13.1. The Hall–Kier alpha value is -1.32. The molecular weight excluding hydrogens is 314 g/mol. The van der Waals surface area contributed by atoms with Crippen LogP contribution in [0.5, 0.6) is 5.75 Å². The minimum absolute atomic E-state index is 0.0990. The number of ether oxygens (including phenoxy) is 1. The van der Waals surface area contributed by atoms with Gasteiger partial charge in [0.05, 0.1) is 12.1 Å². The molecule has 1 aliphatic carbocycles. The Bertz CT molecular complexity index is 605. The Labute approximate surface area is 128 Å². The van der Waals surface area contributed by atoms with Crippen LogP contribution in [-0.2, 0) is 0 Å². The molecule has 2 nitrogen and oxygen atoms in total. The van der Waals surface area contributed by atoms with Gasteiger partial charge in [-0.2, -0.15) is 0 Å². The zero-order valence-electron chi connectivity index (χ0n) is 11.5. The number of nitrogens with two attached hydrogens (primary N) is 1. The van der Waals surface area contributed by atoms with E-state index in [2.05, 4.69) is 47.1 Å². The van der Waals surface area contributed by atoms with Crippen molar-refractivity contribution in [2.24, 2.45) is 5.73 Å². The lowest BCUT2D eigenvalue weighted by atomic mass is 9.96. The first kappa shape index (κ1) is 13.7. The van der Waals surface area contributed by atoms with Crippen molar-refractivity contribution < 1.29 is 4.74 Å². The molecule has 3 heteroatoms. The summed E-state index contributed by atoms with van der Waals surface area (Å²) in [5, 5.41) is 0. The summed E-state index contributed by atoms with van der Waals surface area (Å²) in [5.74, 6) is 0.941. The Morgan fingerprint density at radius 3 is 2.45 bits per heavy atom. The van der Waals surface area contributed by atoms with Crippen LogP contribution in [0.2, 0.25) is 0 Å². The summed E-state index contributed by atoms with van der Waals surface area (Å²) in [5.41, 5.74) is 9.84. The van der Waals surface area contributed by atoms with Crippen LogP contribution in [0.1, 0.15) is 35.6 Å². The van der Waals surface area contributed by atoms with Gasteiger partial charge in [-0.3, -0.25) is 0 Å². The average molecular weight is 332 g/mol. The van der Waals surface area contributed by atoms with E-state index in [0.717, 1.165) is 21.3 Å². The number of rotatable bonds is 4. The molecule has 0 saturated heterocycles. The number of benzene rings is 2. The maximum absolute atomic E-state index is 6.37. The predicted molar refractivity (Wildman–Crippen MR) is 85.0 cm³/mol. The third kappa shape index (κ3) is 3.05. The second kappa shape index (κ2) is 5.58. The predicted octanol–water partition coefficient (Wildman–Crippen LogP) is 4.35. The largest absolute Gasteiger partial charge is 0.490 e. The molecule has 20 heavy (non-hydrogen) atoms. The van der Waals surface area contributed by atoms with Gasteiger partial charge in [0.1, 0.15) is 5.75 Å². The topological polar surface area (TPSA) is 35.2 Å². The normalized spacial score (nSPS) is 15.9. The highest BCUT2D eigenvalue weighted by Gasteiger charge is 2.23. The van der Waals surface area contributed by atoms with Crippen molar-refractivity contribution in [3.63, 3.8) is 0 Å². The van der Waals surface area contributed by atoms with Gasteiger partial charge in [-0.05, 0) is 60.7 Å². The second-order valence-corrected chi connectivity index (χ2v) is 6.28. The van der Waals surface area contributed by atoms with E-state index < -0.39 is 0 Å². The van der Waals surface area contributed by atoms with Gasteiger partial charge in [-0.15, -0.1) is 0 Å². The molecule has 0 heterocycles. The molecule has 1 unspecified atom stereocenters. The maximum Gasteiger partial charge on any atom is 0.119 e. The van der Waals surface area contributed by atoms with Crippen molar-refractivity contribution in [2.45, 2.75) is 31.9 Å². The Kier molecular flexibility index (Phi) is 3.81. The van der Waals surface area contributed by atoms with E-state index in [1.54, 1.807) is 0 Å². The quantitative estimate of drug-likeness (QED) is 0.904. The first-order valence-electron chi connectivity index (χ1n) is 6.92. The Balaban J connectivity index is 1.80. The molecular formula is C17H18BrNO. The van der Waals surface area contributed by atoms with Gasteiger partial charge in [-0.25, -0.2) is 0 Å². The van der Waals surface area contributed by atoms with Crippen molar-refractivity contribution in [3.8, 4) is 5.75 Å². The van der Waals surface area contributed by atoms with Crippen molar-refractivity contribution in [1.82, 2.24) is 0 Å². The first-order chi connectivity index (χ1) is 9.63. The molecule has 0 spiro atoms. The average Bonchev–Trinajstić information content (AvgIpc) is 3.23. The lowest BCUT2D eigenvalue weighted by Crippen LogP contribution is -2.13. The summed E-state index contributed by atoms with van der Waals surface area (Å²) >= 11 is 3.48. The second-order valence-electron chi connectivity index (χ2n) is 5.36. The SMILES string of the molecule is Cc1cc(Br)ccc1C(N)c1ccc(OC2CC2)cc1. The summed E-state index contributed by atoms with van der Waals surface area (Å²) in [7, 11) is 0. The van der Waals surface area contributed by atoms with Crippen molar-refractivity contribution >= 4 is 15.9 Å². The van der Waals surface area contributed by atoms with E-state index in [0.29, 0.717) is 6.10 Å². The molecule has 0 radical (unpaired) electrons. The molecule has 0 aliphatic heterocycles. The van der Waals surface area contributed by atoms with Crippen LogP contribution >= 0.6 is 15.9 Å². The van der Waals surface area contributed by atoms with Gasteiger partial charge >= 0.3 is 0 Å². The fraction of sp³-hybridized carbons (Fsp3) is 0.294. The first-order valence-corrected chi connectivity index (χ1v) is 7.71. The van der Waals surface area contributed by atoms with Crippen molar-refractivity contribution in [2.75, 3.05) is 0 Å². The van der Waals surface area contributed by atoms with Gasteiger partial charge in [0.25, 0.3) is 0 Å². The smallest absolute Gasteiger partial charge is 0.119 e. The third-order valence-corrected chi connectivity index (χ3v) is 4.13. The molecule has 2 aromatic rings. The molecule has 2 aromatic carbocycles. The molecule has 3 rings (SSSR count). The highest BCUT2D eigenvalue weighted by Crippen LogP contribution is 2.29. The lowest BCUT2D eigenvalue weighted by Gasteiger charge is -2.16. The zero-order chi connectivity index (χ0) is 14.1. The highest BCUT2D eigenvalue weighted by molar-refractivity contribution is 9.10. The van der Waals surface area contributed by atoms with Gasteiger partial charge in [0.15, 0.2) is 0 Å². The lowest BCUT2D eigenvalue weighted by molar-refractivity contribution is 0.303. The standard InChI is InChI=1S/C17H18BrNO/c1-11-10-13(18)4-9-16(11)17(19)12-2-5-14(6-3-12)20-15-7-8-15/h2-6,9-10,15,17H,7-8,19H2,1H3. The number of aryl methyl sites for hydroxylation is 1. The van der Waals surface area contributed by atoms with Gasteiger partial charge < -0.3 is 10.5 Å². The van der Waals surface area contributed by atoms with Crippen LogP contribution in [0.4, 0.5) is 0 Å². The van der Waals surface area contributed by atoms with E-state index in [1.165, 1.54) is 18.4 Å². The van der Waals surface area contributed by atoms with Crippen LogP contribution in [0, 0.1) is 6.92 Å². The van der Waals surface area contributed by atoms with Gasteiger partial charge in [-0.1, -0.05) is 34.1 Å². The number of hydrogen-bond donors (Lipinski definition) is 1. The van der Waals surface area contributed by atoms with E-state index in [-0.39, 0.29) is 6.04 Å². The minimum Gasteiger partial charge on any atom is -0.490 e. The van der Waals surface area contributed by atoms with Crippen LogP contribution < -0.4 is 10.5 Å². The molecule has 1 atom stereocenters. The van der Waals surface area contributed by atoms with Crippen LogP contribution in [0.25, 0.3) is 0 Å². The van der Waals surface area contributed by atoms with E-state index in [9.17, 15) is 0 Å². The molecule has 0 aromatic heterocycles. The van der Waals surface area contributed by atoms with Gasteiger partial charge in [0.2, 0.25) is 0 Å². The van der Waals surface area contributed by atoms with Crippen molar-refractivity contribution in [3.05, 3.63) is 63.6 Å². The van der Waals surface area contributed by atoms with Crippen LogP contribution in [0.3, 0.4) is 0 Å². The Morgan fingerprint density at radius 2 is 1.85 bits per heavy atom. The molecule has 0 amide bonds. The third-order valence-electron chi connectivity index (χ3n) is 3.63. The number of hydrogen-bond acceptors (Lipinski definition) is 2. The molecule has 2 N–H and O–H groups in total. The molecule has 0 bridgehead atoms. The fourth-order valence-electron chi connectivity index (χ4n) is 2.30. The summed E-state index contributed by atoms with van der Waals surface area (Å²) in [4.78, 5) is 0. The maximum atomic E-state index is 6.37. The van der Waals surface area contributed by atoms with Crippen LogP contribution in [0.15, 0.2) is 46.9 Å². The Morgan fingerprint density at radius 1 is 1.15 bits per heavy atom.